The Hall–Kier alpha value is -2.67. The second-order valence-corrected chi connectivity index (χ2v) is 10.1. The molecule has 0 radical (unpaired) electrons. The second kappa shape index (κ2) is 9.29. The number of allylic oxidation sites excluding steroid dienone is 2. The van der Waals surface area contributed by atoms with Crippen molar-refractivity contribution < 1.29 is 4.79 Å². The quantitative estimate of drug-likeness (QED) is 0.355. The zero-order valence-corrected chi connectivity index (χ0v) is 20.7. The average molecular weight is 492 g/mol. The number of carbonyl (C=O) groups excluding carboxylic acids is 1. The molecule has 3 aromatic carbocycles. The van der Waals surface area contributed by atoms with Gasteiger partial charge in [0.25, 0.3) is 5.91 Å². The number of hydrogen-bond donors (Lipinski definition) is 0. The third kappa shape index (κ3) is 4.31. The summed E-state index contributed by atoms with van der Waals surface area (Å²) >= 11 is 9.32. The summed E-state index contributed by atoms with van der Waals surface area (Å²) in [5.41, 5.74) is 1.96. The van der Waals surface area contributed by atoms with Gasteiger partial charge in [-0.25, -0.2) is 4.99 Å². The number of hydrogen-bond acceptors (Lipinski definition) is 5. The topological polar surface area (TPSA) is 35.9 Å². The van der Waals surface area contributed by atoms with Gasteiger partial charge in [0.05, 0.1) is 21.3 Å². The number of fused-ring (bicyclic) bond motifs is 2. The normalized spacial score (nSPS) is 19.5. The zero-order chi connectivity index (χ0) is 22.9. The number of rotatable bonds is 4. The van der Waals surface area contributed by atoms with E-state index in [1.165, 1.54) is 22.0 Å². The predicted molar refractivity (Wildman–Crippen MR) is 143 cm³/mol. The van der Waals surface area contributed by atoms with Gasteiger partial charge in [-0.3, -0.25) is 9.69 Å². The van der Waals surface area contributed by atoms with E-state index in [9.17, 15) is 4.79 Å². The van der Waals surface area contributed by atoms with E-state index < -0.39 is 0 Å². The molecule has 0 atom stereocenters. The van der Waals surface area contributed by atoms with E-state index in [4.69, 9.17) is 16.6 Å². The summed E-state index contributed by atoms with van der Waals surface area (Å²) in [6.07, 6.45) is 3.94. The summed E-state index contributed by atoms with van der Waals surface area (Å²) in [6, 6.07) is 20.3. The van der Waals surface area contributed by atoms with Crippen LogP contribution in [0, 0.1) is 0 Å². The molecule has 33 heavy (non-hydrogen) atoms. The maximum absolute atomic E-state index is 13.1. The van der Waals surface area contributed by atoms with Crippen LogP contribution in [0.25, 0.3) is 10.8 Å². The van der Waals surface area contributed by atoms with Gasteiger partial charge < -0.3 is 4.90 Å². The highest BCUT2D eigenvalue weighted by Gasteiger charge is 2.32. The summed E-state index contributed by atoms with van der Waals surface area (Å²) in [7, 11) is 0. The first-order valence-corrected chi connectivity index (χ1v) is 12.8. The zero-order valence-electron chi connectivity index (χ0n) is 18.3. The molecule has 1 amide bonds. The Kier molecular flexibility index (Phi) is 6.23. The molecule has 7 heteroatoms. The maximum atomic E-state index is 13.1. The molecule has 0 bridgehead atoms. The lowest BCUT2D eigenvalue weighted by molar-refractivity contribution is -0.122. The Morgan fingerprint density at radius 3 is 2.48 bits per heavy atom. The van der Waals surface area contributed by atoms with E-state index in [2.05, 4.69) is 36.1 Å². The van der Waals surface area contributed by atoms with Gasteiger partial charge in [-0.05, 0) is 78.9 Å². The summed E-state index contributed by atoms with van der Waals surface area (Å²) in [5.74, 6) is -0.00880. The smallest absolute Gasteiger partial charge is 0.266 e. The first kappa shape index (κ1) is 22.1. The van der Waals surface area contributed by atoms with Crippen molar-refractivity contribution in [2.75, 3.05) is 18.0 Å². The highest BCUT2D eigenvalue weighted by atomic mass is 35.5. The van der Waals surface area contributed by atoms with Crippen LogP contribution >= 0.6 is 35.1 Å². The Labute approximate surface area is 207 Å². The number of amides is 1. The second-order valence-electron chi connectivity index (χ2n) is 7.57. The number of halogens is 1. The molecular formula is C26H22ClN3OS2. The number of aliphatic imine (C=N–C) groups is 1. The van der Waals surface area contributed by atoms with Gasteiger partial charge in [-0.2, -0.15) is 0 Å². The summed E-state index contributed by atoms with van der Waals surface area (Å²) in [4.78, 5) is 23.7. The molecule has 2 aliphatic heterocycles. The molecule has 2 heterocycles. The highest BCUT2D eigenvalue weighted by molar-refractivity contribution is 8.18. The van der Waals surface area contributed by atoms with Crippen molar-refractivity contribution in [3.8, 4) is 0 Å². The molecule has 0 unspecified atom stereocenters. The van der Waals surface area contributed by atoms with Gasteiger partial charge in [-0.15, -0.1) is 0 Å². The Bertz CT molecular complexity index is 1350. The van der Waals surface area contributed by atoms with Crippen molar-refractivity contribution >= 4 is 68.3 Å². The molecule has 1 saturated heterocycles. The van der Waals surface area contributed by atoms with Crippen molar-refractivity contribution in [2.24, 2.45) is 4.99 Å². The molecule has 0 spiro atoms. The number of likely N-dealkylation sites (N-methyl/N-ethyl adjacent to an activating group) is 1. The molecule has 4 nitrogen and oxygen atoms in total. The molecule has 3 aromatic rings. The van der Waals surface area contributed by atoms with E-state index in [0.29, 0.717) is 16.6 Å². The summed E-state index contributed by atoms with van der Waals surface area (Å²) in [6.45, 7) is 5.49. The summed E-state index contributed by atoms with van der Waals surface area (Å²) in [5, 5.41) is 4.83. The minimum Gasteiger partial charge on any atom is -0.335 e. The molecule has 0 aliphatic carbocycles. The Morgan fingerprint density at radius 2 is 1.70 bits per heavy atom. The van der Waals surface area contributed by atoms with Gasteiger partial charge in [-0.1, -0.05) is 53.7 Å². The monoisotopic (exact) mass is 491 g/mol. The molecular weight excluding hydrogens is 470 g/mol. The van der Waals surface area contributed by atoms with Gasteiger partial charge in [0.15, 0.2) is 5.17 Å². The first-order valence-electron chi connectivity index (χ1n) is 10.8. The van der Waals surface area contributed by atoms with Gasteiger partial charge in [0.2, 0.25) is 0 Å². The molecule has 2 aliphatic rings. The maximum Gasteiger partial charge on any atom is 0.266 e. The largest absolute Gasteiger partial charge is 0.335 e. The van der Waals surface area contributed by atoms with Crippen molar-refractivity contribution in [2.45, 2.75) is 18.7 Å². The van der Waals surface area contributed by atoms with Crippen molar-refractivity contribution in [3.05, 3.63) is 87.8 Å². The minimum atomic E-state index is -0.00880. The van der Waals surface area contributed by atoms with Crippen LogP contribution in [0.4, 0.5) is 11.4 Å². The van der Waals surface area contributed by atoms with Crippen LogP contribution in [0.15, 0.2) is 92.6 Å². The van der Waals surface area contributed by atoms with E-state index in [1.54, 1.807) is 16.7 Å². The van der Waals surface area contributed by atoms with Gasteiger partial charge in [0.1, 0.15) is 0 Å². The number of anilines is 1. The summed E-state index contributed by atoms with van der Waals surface area (Å²) < 4.78 is 0. The average Bonchev–Trinajstić information content (AvgIpc) is 3.32. The lowest BCUT2D eigenvalue weighted by atomic mass is 10.1. The Morgan fingerprint density at radius 1 is 0.909 bits per heavy atom. The van der Waals surface area contributed by atoms with E-state index in [0.717, 1.165) is 33.4 Å². The fourth-order valence-corrected chi connectivity index (χ4v) is 6.19. The third-order valence-electron chi connectivity index (χ3n) is 5.55. The van der Waals surface area contributed by atoms with Crippen LogP contribution in [0.2, 0.25) is 5.02 Å². The molecule has 0 saturated carbocycles. The third-order valence-corrected chi connectivity index (χ3v) is 7.94. The van der Waals surface area contributed by atoms with Crippen LogP contribution < -0.4 is 4.90 Å². The van der Waals surface area contributed by atoms with Crippen LogP contribution in [0.3, 0.4) is 0 Å². The van der Waals surface area contributed by atoms with E-state index in [1.807, 2.05) is 55.5 Å². The van der Waals surface area contributed by atoms with Crippen LogP contribution in [-0.4, -0.2) is 29.1 Å². The van der Waals surface area contributed by atoms with Crippen LogP contribution in [0.5, 0.6) is 0 Å². The van der Waals surface area contributed by atoms with E-state index >= 15 is 0 Å². The number of nitrogens with zero attached hydrogens (tertiary/aromatic N) is 3. The highest BCUT2D eigenvalue weighted by Crippen LogP contribution is 2.47. The number of amidine groups is 1. The van der Waals surface area contributed by atoms with Gasteiger partial charge >= 0.3 is 0 Å². The van der Waals surface area contributed by atoms with Crippen LogP contribution in [0.1, 0.15) is 13.8 Å². The molecule has 0 aromatic heterocycles. The lowest BCUT2D eigenvalue weighted by Gasteiger charge is -2.17. The molecule has 166 valence electrons. The van der Waals surface area contributed by atoms with Crippen molar-refractivity contribution in [1.29, 1.82) is 0 Å². The first-order chi connectivity index (χ1) is 16.1. The Balaban J connectivity index is 1.43. The number of carbonyl (C=O) groups is 1. The number of benzene rings is 3. The molecule has 5 rings (SSSR count). The minimum absolute atomic E-state index is 0.00880. The molecule has 0 N–H and O–H groups in total. The fourth-order valence-electron chi connectivity index (χ4n) is 3.91. The molecule has 1 fully saturated rings. The SMILES string of the molecule is CCN1C(=O)/C(=C/C=C2\Sc3ccc(Cl)cc3N2CC)SC1=Nc1ccc2ccccc2c1. The van der Waals surface area contributed by atoms with Gasteiger partial charge in [0, 0.05) is 23.0 Å². The lowest BCUT2D eigenvalue weighted by Crippen LogP contribution is -2.28. The van der Waals surface area contributed by atoms with E-state index in [-0.39, 0.29) is 5.91 Å². The van der Waals surface area contributed by atoms with Crippen molar-refractivity contribution in [3.63, 3.8) is 0 Å². The standard InChI is InChI=1S/C26H22ClN3OS2/c1-3-29-21-16-19(27)10-12-22(21)32-24(29)14-13-23-25(31)30(4-2)26(33-23)28-20-11-9-17-7-5-6-8-18(17)15-20/h5-16H,3-4H2,1-2H3/b23-13-,24-14-,28-26?. The predicted octanol–water partition coefficient (Wildman–Crippen LogP) is 7.43. The van der Waals surface area contributed by atoms with Crippen molar-refractivity contribution in [1.82, 2.24) is 4.90 Å². The van der Waals surface area contributed by atoms with Crippen LogP contribution in [-0.2, 0) is 4.79 Å². The fraction of sp³-hybridized carbons (Fsp3) is 0.154. The number of thioether (sulfide) groups is 2.